The molecule has 3 heterocycles. The van der Waals surface area contributed by atoms with Crippen LogP contribution in [0.3, 0.4) is 0 Å². The molecule has 2 N–H and O–H groups in total. The van der Waals surface area contributed by atoms with E-state index in [9.17, 15) is 27.3 Å². The molecular weight excluding hydrogens is 457 g/mol. The van der Waals surface area contributed by atoms with Gasteiger partial charge in [0.1, 0.15) is 29.2 Å². The van der Waals surface area contributed by atoms with Gasteiger partial charge in [-0.2, -0.15) is 0 Å². The molecule has 2 unspecified atom stereocenters. The fourth-order valence-corrected chi connectivity index (χ4v) is 5.28. The van der Waals surface area contributed by atoms with Gasteiger partial charge in [-0.1, -0.05) is 32.0 Å². The Morgan fingerprint density at radius 3 is 2.67 bits per heavy atom. The third-order valence-electron chi connectivity index (χ3n) is 5.44. The molecule has 1 aliphatic heterocycles. The van der Waals surface area contributed by atoms with Crippen LogP contribution in [-0.4, -0.2) is 35.4 Å². The average molecular weight is 483 g/mol. The van der Waals surface area contributed by atoms with Crippen LogP contribution in [0.15, 0.2) is 35.4 Å². The van der Waals surface area contributed by atoms with Crippen molar-refractivity contribution in [3.8, 4) is 0 Å². The van der Waals surface area contributed by atoms with E-state index in [1.807, 2.05) is 13.8 Å². The Kier molecular flexibility index (Phi) is 7.53. The van der Waals surface area contributed by atoms with E-state index in [-0.39, 0.29) is 47.1 Å². The van der Waals surface area contributed by atoms with Crippen LogP contribution in [0.2, 0.25) is 0 Å². The Morgan fingerprint density at radius 2 is 2.03 bits per heavy atom. The summed E-state index contributed by atoms with van der Waals surface area (Å²) in [7, 11) is 0.260. The maximum Gasteiger partial charge on any atom is 0.266 e. The molecule has 4 rings (SSSR count). The molecular formula is C22H25F3N4O3S. The summed E-state index contributed by atoms with van der Waals surface area (Å²) in [6, 6.07) is 5.21. The number of pyridine rings is 1. The van der Waals surface area contributed by atoms with Gasteiger partial charge in [0.05, 0.1) is 22.3 Å². The number of rotatable bonds is 5. The minimum Gasteiger partial charge on any atom is -0.384 e. The van der Waals surface area contributed by atoms with Crippen LogP contribution in [-0.2, 0) is 30.0 Å². The van der Waals surface area contributed by atoms with Crippen LogP contribution < -0.4 is 10.9 Å². The zero-order valence-electron chi connectivity index (χ0n) is 18.4. The van der Waals surface area contributed by atoms with Crippen molar-refractivity contribution in [1.82, 2.24) is 14.5 Å². The minimum atomic E-state index is -2.94. The number of fused-ring (bicyclic) bond motifs is 1. The molecule has 0 spiro atoms. The lowest BCUT2D eigenvalue weighted by molar-refractivity contribution is 0.0638. The number of alkyl halides is 2. The highest BCUT2D eigenvalue weighted by Gasteiger charge is 2.40. The van der Waals surface area contributed by atoms with Crippen LogP contribution in [0.25, 0.3) is 11.0 Å². The number of nitrogens with zero attached hydrogens (tertiary/aromatic N) is 3. The van der Waals surface area contributed by atoms with Crippen molar-refractivity contribution in [3.05, 3.63) is 63.5 Å². The lowest BCUT2D eigenvalue weighted by atomic mass is 9.93. The van der Waals surface area contributed by atoms with Gasteiger partial charge in [0, 0.05) is 35.7 Å². The lowest BCUT2D eigenvalue weighted by Crippen LogP contribution is -2.36. The molecule has 0 bridgehead atoms. The third-order valence-corrected chi connectivity index (χ3v) is 6.90. The van der Waals surface area contributed by atoms with E-state index >= 15 is 0 Å². The van der Waals surface area contributed by atoms with Gasteiger partial charge in [-0.3, -0.25) is 13.6 Å². The smallest absolute Gasteiger partial charge is 0.266 e. The van der Waals surface area contributed by atoms with Crippen LogP contribution in [0.5, 0.6) is 0 Å². The quantitative estimate of drug-likeness (QED) is 0.579. The van der Waals surface area contributed by atoms with E-state index in [2.05, 4.69) is 15.3 Å². The molecule has 0 aliphatic carbocycles. The highest BCUT2D eigenvalue weighted by atomic mass is 32.2. The molecule has 33 heavy (non-hydrogen) atoms. The van der Waals surface area contributed by atoms with Crippen molar-refractivity contribution >= 4 is 27.7 Å². The summed E-state index contributed by atoms with van der Waals surface area (Å²) >= 11 is 0. The Hall–Kier alpha value is -2.79. The molecule has 178 valence electrons. The molecule has 3 aromatic rings. The molecule has 2 aromatic heterocycles. The van der Waals surface area contributed by atoms with E-state index in [4.69, 9.17) is 0 Å². The summed E-state index contributed by atoms with van der Waals surface area (Å²) < 4.78 is 53.4. The molecule has 0 amide bonds. The Bertz CT molecular complexity index is 1250. The van der Waals surface area contributed by atoms with Crippen LogP contribution >= 0.6 is 0 Å². The molecule has 1 aromatic carbocycles. The number of aryl methyl sites for hydroxylation is 1. The van der Waals surface area contributed by atoms with Crippen molar-refractivity contribution in [2.45, 2.75) is 38.8 Å². The van der Waals surface area contributed by atoms with Crippen molar-refractivity contribution in [2.75, 3.05) is 16.8 Å². The molecule has 1 fully saturated rings. The van der Waals surface area contributed by atoms with Gasteiger partial charge in [0.15, 0.2) is 0 Å². The van der Waals surface area contributed by atoms with E-state index in [0.29, 0.717) is 5.39 Å². The van der Waals surface area contributed by atoms with Crippen LogP contribution in [0, 0.1) is 5.82 Å². The SMILES string of the molecule is CC.Cn1c(=O)c(C2(O)CCS(=O)C2)cc2c(NCc3cccc(C(F)F)c3F)ncnc21. The number of aromatic nitrogens is 3. The monoisotopic (exact) mass is 482 g/mol. The van der Waals surface area contributed by atoms with Gasteiger partial charge in [-0.15, -0.1) is 0 Å². The van der Waals surface area contributed by atoms with Gasteiger partial charge in [-0.05, 0) is 12.5 Å². The van der Waals surface area contributed by atoms with Gasteiger partial charge in [0.2, 0.25) is 0 Å². The molecule has 7 nitrogen and oxygen atoms in total. The van der Waals surface area contributed by atoms with Gasteiger partial charge < -0.3 is 10.4 Å². The molecule has 2 atom stereocenters. The third kappa shape index (κ3) is 4.79. The first-order valence-corrected chi connectivity index (χ1v) is 11.9. The van der Waals surface area contributed by atoms with E-state index < -0.39 is 39.8 Å². The first kappa shape index (κ1) is 24.8. The molecule has 11 heteroatoms. The number of anilines is 1. The maximum atomic E-state index is 14.4. The number of hydrogen-bond acceptors (Lipinski definition) is 6. The van der Waals surface area contributed by atoms with E-state index in [1.54, 1.807) is 0 Å². The van der Waals surface area contributed by atoms with Gasteiger partial charge in [-0.25, -0.2) is 23.1 Å². The number of halogens is 3. The highest BCUT2D eigenvalue weighted by Crippen LogP contribution is 2.32. The Labute approximate surface area is 191 Å². The summed E-state index contributed by atoms with van der Waals surface area (Å²) in [5, 5.41) is 14.2. The fourth-order valence-electron chi connectivity index (χ4n) is 3.73. The molecule has 1 aliphatic rings. The standard InChI is InChI=1S/C20H19F3N4O3S.C2H6/c1-27-18-13(7-14(19(27)28)20(29)5-6-31(30)9-20)17(25-10-26-18)24-8-11-3-2-4-12(15(11)21)16(22)23;1-2/h2-4,7,10,16,29H,5-6,8-9H2,1H3,(H,24,25,26);1-2H3. The van der Waals surface area contributed by atoms with Crippen molar-refractivity contribution in [1.29, 1.82) is 0 Å². The average Bonchev–Trinajstić information content (AvgIpc) is 3.15. The topological polar surface area (TPSA) is 97.1 Å². The molecule has 0 radical (unpaired) electrons. The summed E-state index contributed by atoms with van der Waals surface area (Å²) in [6.07, 6.45) is -1.54. The first-order chi connectivity index (χ1) is 15.7. The van der Waals surface area contributed by atoms with Crippen molar-refractivity contribution in [2.24, 2.45) is 7.05 Å². The van der Waals surface area contributed by atoms with Crippen molar-refractivity contribution in [3.63, 3.8) is 0 Å². The molecule has 1 saturated heterocycles. The zero-order valence-corrected chi connectivity index (χ0v) is 19.3. The second-order valence-electron chi connectivity index (χ2n) is 7.43. The van der Waals surface area contributed by atoms with Gasteiger partial charge >= 0.3 is 0 Å². The summed E-state index contributed by atoms with van der Waals surface area (Å²) in [4.78, 5) is 21.1. The van der Waals surface area contributed by atoms with Crippen LogP contribution in [0.4, 0.5) is 19.0 Å². The molecule has 0 saturated carbocycles. The Morgan fingerprint density at radius 1 is 1.30 bits per heavy atom. The second kappa shape index (κ2) is 10.0. The number of benzene rings is 1. The summed E-state index contributed by atoms with van der Waals surface area (Å²) in [5.74, 6) is -0.519. The van der Waals surface area contributed by atoms with Crippen LogP contribution in [0.1, 0.15) is 43.4 Å². The summed E-state index contributed by atoms with van der Waals surface area (Å²) in [6.45, 7) is 3.87. The normalized spacial score (nSPS) is 20.1. The predicted molar refractivity (Wildman–Crippen MR) is 121 cm³/mol. The predicted octanol–water partition coefficient (Wildman–Crippen LogP) is 3.38. The first-order valence-electron chi connectivity index (χ1n) is 10.4. The summed E-state index contributed by atoms with van der Waals surface area (Å²) in [5.41, 5.74) is -2.30. The second-order valence-corrected chi connectivity index (χ2v) is 9.00. The van der Waals surface area contributed by atoms with E-state index in [0.717, 1.165) is 6.07 Å². The zero-order chi connectivity index (χ0) is 24.3. The fraction of sp³-hybridized carbons (Fsp3) is 0.409. The number of hydrogen-bond donors (Lipinski definition) is 2. The maximum absolute atomic E-state index is 14.4. The van der Waals surface area contributed by atoms with E-state index in [1.165, 1.54) is 36.1 Å². The number of nitrogens with one attached hydrogen (secondary N) is 1. The Balaban J connectivity index is 0.00000149. The number of aliphatic hydroxyl groups is 1. The highest BCUT2D eigenvalue weighted by molar-refractivity contribution is 7.85. The van der Waals surface area contributed by atoms with Gasteiger partial charge in [0.25, 0.3) is 12.0 Å². The minimum absolute atomic E-state index is 0.0272. The lowest BCUT2D eigenvalue weighted by Gasteiger charge is -2.22. The largest absolute Gasteiger partial charge is 0.384 e. The van der Waals surface area contributed by atoms with Crippen molar-refractivity contribution < 1.29 is 22.5 Å².